The molecule has 0 bridgehead atoms. The number of anilines is 1. The minimum atomic E-state index is -0.552. The number of fused-ring (bicyclic) bond motifs is 6. The molecule has 2 unspecified atom stereocenters. The maximum absolute atomic E-state index is 12.4. The molecule has 5 rings (SSSR count). The SMILES string of the molecule is COC(=O)[C@@H]1[C@H]2C[C@H]3C4Nc5ccccc5C4CCN3C[C@@H]2CC[C@@H]1O. The molecule has 1 aromatic carbocycles. The lowest BCUT2D eigenvalue weighted by atomic mass is 9.63. The van der Waals surface area contributed by atoms with Crippen molar-refractivity contribution in [1.29, 1.82) is 0 Å². The number of nitrogens with zero attached hydrogens (tertiary/aromatic N) is 1. The molecule has 0 spiro atoms. The molecule has 3 heterocycles. The molecule has 3 aliphatic heterocycles. The number of carbonyl (C=O) groups is 1. The van der Waals surface area contributed by atoms with E-state index in [1.54, 1.807) is 0 Å². The summed E-state index contributed by atoms with van der Waals surface area (Å²) in [7, 11) is 1.44. The van der Waals surface area contributed by atoms with Crippen molar-refractivity contribution in [1.82, 2.24) is 4.90 Å². The van der Waals surface area contributed by atoms with E-state index in [4.69, 9.17) is 4.74 Å². The molecule has 5 heteroatoms. The number of piperidine rings is 2. The van der Waals surface area contributed by atoms with Crippen LogP contribution in [-0.2, 0) is 9.53 Å². The molecule has 2 N–H and O–H groups in total. The molecule has 1 aromatic rings. The van der Waals surface area contributed by atoms with Crippen molar-refractivity contribution in [2.75, 3.05) is 25.5 Å². The number of para-hydroxylation sites is 1. The number of aliphatic hydroxyl groups excluding tert-OH is 1. The molecular weight excluding hydrogens is 328 g/mol. The first-order chi connectivity index (χ1) is 12.7. The monoisotopic (exact) mass is 356 g/mol. The molecule has 1 aliphatic carbocycles. The molecular formula is C21H28N2O3. The van der Waals surface area contributed by atoms with Crippen LogP contribution in [0.25, 0.3) is 0 Å². The summed E-state index contributed by atoms with van der Waals surface area (Å²) in [6.07, 6.45) is 3.36. The van der Waals surface area contributed by atoms with Crippen LogP contribution in [0, 0.1) is 17.8 Å². The van der Waals surface area contributed by atoms with Gasteiger partial charge in [-0.3, -0.25) is 9.69 Å². The minimum absolute atomic E-state index is 0.226. The molecule has 26 heavy (non-hydrogen) atoms. The third kappa shape index (κ3) is 2.40. The van der Waals surface area contributed by atoms with Gasteiger partial charge in [-0.15, -0.1) is 0 Å². The molecule has 140 valence electrons. The van der Waals surface area contributed by atoms with E-state index in [9.17, 15) is 9.90 Å². The molecule has 7 atom stereocenters. The molecule has 0 radical (unpaired) electrons. The van der Waals surface area contributed by atoms with Crippen LogP contribution >= 0.6 is 0 Å². The summed E-state index contributed by atoms with van der Waals surface area (Å²) in [5.41, 5.74) is 2.73. The van der Waals surface area contributed by atoms with E-state index in [0.29, 0.717) is 23.9 Å². The maximum Gasteiger partial charge on any atom is 0.311 e. The second kappa shape index (κ2) is 6.24. The van der Waals surface area contributed by atoms with Crippen LogP contribution in [0.3, 0.4) is 0 Å². The van der Waals surface area contributed by atoms with Crippen molar-refractivity contribution >= 4 is 11.7 Å². The zero-order valence-electron chi connectivity index (χ0n) is 15.3. The first-order valence-corrected chi connectivity index (χ1v) is 10.0. The van der Waals surface area contributed by atoms with Crippen LogP contribution in [0.1, 0.15) is 37.2 Å². The summed E-state index contributed by atoms with van der Waals surface area (Å²) >= 11 is 0. The smallest absolute Gasteiger partial charge is 0.311 e. The minimum Gasteiger partial charge on any atom is -0.469 e. The van der Waals surface area contributed by atoms with Crippen molar-refractivity contribution < 1.29 is 14.6 Å². The molecule has 0 aromatic heterocycles. The Bertz CT molecular complexity index is 708. The normalized spacial score (nSPS) is 41.2. The fraction of sp³-hybridized carbons (Fsp3) is 0.667. The fourth-order valence-corrected chi connectivity index (χ4v) is 6.32. The van der Waals surface area contributed by atoms with Gasteiger partial charge in [0.2, 0.25) is 0 Å². The van der Waals surface area contributed by atoms with Crippen LogP contribution in [-0.4, -0.2) is 54.4 Å². The van der Waals surface area contributed by atoms with Crippen LogP contribution in [0.5, 0.6) is 0 Å². The highest BCUT2D eigenvalue weighted by molar-refractivity contribution is 5.73. The van der Waals surface area contributed by atoms with E-state index in [-0.39, 0.29) is 17.8 Å². The van der Waals surface area contributed by atoms with E-state index in [1.165, 1.54) is 24.8 Å². The Morgan fingerprint density at radius 3 is 2.96 bits per heavy atom. The second-order valence-electron chi connectivity index (χ2n) is 8.57. The van der Waals surface area contributed by atoms with Gasteiger partial charge < -0.3 is 15.2 Å². The number of hydrogen-bond donors (Lipinski definition) is 2. The van der Waals surface area contributed by atoms with E-state index in [2.05, 4.69) is 34.5 Å². The topological polar surface area (TPSA) is 61.8 Å². The largest absolute Gasteiger partial charge is 0.469 e. The quantitative estimate of drug-likeness (QED) is 0.756. The number of benzene rings is 1. The van der Waals surface area contributed by atoms with Gasteiger partial charge in [0.05, 0.1) is 19.1 Å². The van der Waals surface area contributed by atoms with Gasteiger partial charge >= 0.3 is 5.97 Å². The van der Waals surface area contributed by atoms with E-state index in [1.807, 2.05) is 0 Å². The van der Waals surface area contributed by atoms with Crippen LogP contribution in [0.4, 0.5) is 5.69 Å². The van der Waals surface area contributed by atoms with Crippen LogP contribution < -0.4 is 5.32 Å². The summed E-state index contributed by atoms with van der Waals surface area (Å²) in [4.78, 5) is 15.0. The lowest BCUT2D eigenvalue weighted by Gasteiger charge is -2.54. The first kappa shape index (κ1) is 16.6. The zero-order chi connectivity index (χ0) is 17.8. The van der Waals surface area contributed by atoms with Gasteiger partial charge in [-0.2, -0.15) is 0 Å². The second-order valence-corrected chi connectivity index (χ2v) is 8.57. The van der Waals surface area contributed by atoms with E-state index < -0.39 is 6.10 Å². The van der Waals surface area contributed by atoms with Gasteiger partial charge in [0.1, 0.15) is 0 Å². The Balaban J connectivity index is 1.43. The maximum atomic E-state index is 12.4. The number of ether oxygens (including phenoxy) is 1. The summed E-state index contributed by atoms with van der Waals surface area (Å²) in [6.45, 7) is 2.19. The first-order valence-electron chi connectivity index (χ1n) is 10.0. The van der Waals surface area contributed by atoms with Gasteiger partial charge in [0, 0.05) is 30.2 Å². The number of rotatable bonds is 1. The summed E-state index contributed by atoms with van der Waals surface area (Å²) in [5.74, 6) is 0.714. The van der Waals surface area contributed by atoms with Gasteiger partial charge in [0.25, 0.3) is 0 Å². The van der Waals surface area contributed by atoms with Crippen molar-refractivity contribution in [3.63, 3.8) is 0 Å². The average molecular weight is 356 g/mol. The van der Waals surface area contributed by atoms with Crippen molar-refractivity contribution in [3.05, 3.63) is 29.8 Å². The number of hydrogen-bond acceptors (Lipinski definition) is 5. The van der Waals surface area contributed by atoms with Crippen molar-refractivity contribution in [3.8, 4) is 0 Å². The number of esters is 1. The Kier molecular flexibility index (Phi) is 3.98. The molecule has 5 nitrogen and oxygen atoms in total. The Morgan fingerprint density at radius 2 is 2.12 bits per heavy atom. The number of aliphatic hydroxyl groups is 1. The molecule has 1 saturated carbocycles. The number of carbonyl (C=O) groups excluding carboxylic acids is 1. The molecule has 2 saturated heterocycles. The van der Waals surface area contributed by atoms with Crippen molar-refractivity contribution in [2.45, 2.75) is 49.8 Å². The van der Waals surface area contributed by atoms with Crippen LogP contribution in [0.15, 0.2) is 24.3 Å². The average Bonchev–Trinajstić information content (AvgIpc) is 3.05. The molecule has 4 aliphatic rings. The van der Waals surface area contributed by atoms with Gasteiger partial charge in [0.15, 0.2) is 0 Å². The van der Waals surface area contributed by atoms with Crippen LogP contribution in [0.2, 0.25) is 0 Å². The number of methoxy groups -OCH3 is 1. The summed E-state index contributed by atoms with van der Waals surface area (Å²) < 4.78 is 5.05. The Hall–Kier alpha value is -1.59. The molecule has 3 fully saturated rings. The lowest BCUT2D eigenvalue weighted by Crippen LogP contribution is -2.61. The third-order valence-electron chi connectivity index (χ3n) is 7.50. The summed E-state index contributed by atoms with van der Waals surface area (Å²) in [5, 5.41) is 14.3. The highest BCUT2D eigenvalue weighted by atomic mass is 16.5. The highest BCUT2D eigenvalue weighted by Crippen LogP contribution is 2.50. The lowest BCUT2D eigenvalue weighted by molar-refractivity contribution is -0.160. The van der Waals surface area contributed by atoms with E-state index >= 15 is 0 Å². The predicted molar refractivity (Wildman–Crippen MR) is 98.9 cm³/mol. The molecule has 0 amide bonds. The highest BCUT2D eigenvalue weighted by Gasteiger charge is 2.52. The van der Waals surface area contributed by atoms with Gasteiger partial charge in [-0.25, -0.2) is 0 Å². The Labute approximate surface area is 154 Å². The summed E-state index contributed by atoms with van der Waals surface area (Å²) in [6, 6.07) is 9.53. The van der Waals surface area contributed by atoms with E-state index in [0.717, 1.165) is 32.4 Å². The van der Waals surface area contributed by atoms with Crippen molar-refractivity contribution in [2.24, 2.45) is 17.8 Å². The predicted octanol–water partition coefficient (Wildman–Crippen LogP) is 2.22. The number of nitrogens with one attached hydrogen (secondary N) is 1. The Morgan fingerprint density at radius 1 is 1.27 bits per heavy atom. The van der Waals surface area contributed by atoms with Gasteiger partial charge in [-0.05, 0) is 55.7 Å². The zero-order valence-corrected chi connectivity index (χ0v) is 15.3. The van der Waals surface area contributed by atoms with Gasteiger partial charge in [-0.1, -0.05) is 18.2 Å². The third-order valence-corrected chi connectivity index (χ3v) is 7.50. The standard InChI is InChI=1S/C21H28N2O3/c1-26-21(25)19-15-10-17-20-14(13-4-2-3-5-16(13)22-20)8-9-23(17)11-12(15)6-7-18(19)24/h2-5,12,14-15,17-20,22,24H,6-11H2,1H3/t12-,14?,15-,17-,18-,19+,20?/m0/s1. The fourth-order valence-electron chi connectivity index (χ4n) is 6.32.